The molecule has 0 aromatic rings. The second-order valence-electron chi connectivity index (χ2n) is 11.3. The third-order valence-corrected chi connectivity index (χ3v) is 9.25. The molecule has 0 aliphatic heterocycles. The van der Waals surface area contributed by atoms with Crippen LogP contribution in [-0.4, -0.2) is 23.7 Å². The Hall–Kier alpha value is -1.09. The molecule has 0 heterocycles. The predicted octanol–water partition coefficient (Wildman–Crippen LogP) is 5.40. The largest absolute Gasteiger partial charge is 0.393 e. The maximum absolute atomic E-state index is 12.5. The Bertz CT molecular complexity index is 707. The molecule has 1 amide bonds. The van der Waals surface area contributed by atoms with Crippen molar-refractivity contribution in [3.05, 3.63) is 23.3 Å². The molecule has 0 bridgehead atoms. The Morgan fingerprint density at radius 2 is 1.93 bits per heavy atom. The van der Waals surface area contributed by atoms with Crippen LogP contribution in [0.4, 0.5) is 0 Å². The number of carbonyl (C=O) groups is 1. The highest BCUT2D eigenvalue weighted by atomic mass is 16.3. The van der Waals surface area contributed by atoms with Gasteiger partial charge in [-0.2, -0.15) is 0 Å². The summed E-state index contributed by atoms with van der Waals surface area (Å²) >= 11 is 0. The molecule has 0 aromatic heterocycles. The average molecular weight is 400 g/mol. The number of amides is 1. The van der Waals surface area contributed by atoms with Gasteiger partial charge < -0.3 is 10.4 Å². The van der Waals surface area contributed by atoms with E-state index in [4.69, 9.17) is 0 Å². The third-order valence-electron chi connectivity index (χ3n) is 9.25. The van der Waals surface area contributed by atoms with Gasteiger partial charge in [0.15, 0.2) is 0 Å². The number of allylic oxidation sites excluding steroid dienone is 2. The van der Waals surface area contributed by atoms with E-state index in [0.29, 0.717) is 17.3 Å². The first kappa shape index (κ1) is 21.2. The molecule has 0 unspecified atom stereocenters. The van der Waals surface area contributed by atoms with Gasteiger partial charge in [0.2, 0.25) is 5.91 Å². The van der Waals surface area contributed by atoms with Gasteiger partial charge in [-0.3, -0.25) is 4.79 Å². The van der Waals surface area contributed by atoms with E-state index in [2.05, 4.69) is 39.1 Å². The molecule has 0 saturated heterocycles. The standard InChI is InChI=1S/C26H41NO2/c1-17(2)11-14-27-24(29)16-19-6-8-22-21-7-5-18-15-20(28)9-12-25(18,3)23(21)10-13-26(19,22)4/h5,16-17,20-23,28H,6-15H2,1-4H3,(H,27,29)/b19-16-/t20-,21-,22-,23-,25-,26+/m0/s1. The van der Waals surface area contributed by atoms with Gasteiger partial charge >= 0.3 is 0 Å². The lowest BCUT2D eigenvalue weighted by molar-refractivity contribution is -0.116. The van der Waals surface area contributed by atoms with Crippen LogP contribution >= 0.6 is 0 Å². The van der Waals surface area contributed by atoms with Crippen LogP contribution in [0.1, 0.15) is 85.5 Å². The fourth-order valence-electron chi connectivity index (χ4n) is 7.42. The maximum atomic E-state index is 12.5. The highest BCUT2D eigenvalue weighted by Crippen LogP contribution is 2.66. The Morgan fingerprint density at radius 3 is 2.69 bits per heavy atom. The first-order valence-electron chi connectivity index (χ1n) is 12.1. The second kappa shape index (κ2) is 7.87. The minimum Gasteiger partial charge on any atom is -0.393 e. The smallest absolute Gasteiger partial charge is 0.243 e. The van der Waals surface area contributed by atoms with Crippen LogP contribution in [0.5, 0.6) is 0 Å². The second-order valence-corrected chi connectivity index (χ2v) is 11.3. The van der Waals surface area contributed by atoms with E-state index in [9.17, 15) is 9.90 Å². The van der Waals surface area contributed by atoms with E-state index in [0.717, 1.165) is 50.5 Å². The van der Waals surface area contributed by atoms with Gasteiger partial charge in [0.05, 0.1) is 6.10 Å². The summed E-state index contributed by atoms with van der Waals surface area (Å²) in [4.78, 5) is 12.5. The van der Waals surface area contributed by atoms with Crippen LogP contribution in [0.15, 0.2) is 23.3 Å². The average Bonchev–Trinajstić information content (AvgIpc) is 2.98. The van der Waals surface area contributed by atoms with E-state index in [1.165, 1.54) is 31.3 Å². The molecule has 4 rings (SSSR count). The molecule has 4 aliphatic rings. The lowest BCUT2D eigenvalue weighted by Gasteiger charge is -2.57. The molecule has 3 saturated carbocycles. The zero-order valence-corrected chi connectivity index (χ0v) is 19.0. The highest BCUT2D eigenvalue weighted by molar-refractivity contribution is 5.88. The van der Waals surface area contributed by atoms with Crippen molar-refractivity contribution in [3.8, 4) is 0 Å². The number of carbonyl (C=O) groups excluding carboxylic acids is 1. The van der Waals surface area contributed by atoms with Crippen molar-refractivity contribution in [2.24, 2.45) is 34.5 Å². The molecule has 3 heteroatoms. The summed E-state index contributed by atoms with van der Waals surface area (Å²) < 4.78 is 0. The normalized spacial score (nSPS) is 42.8. The van der Waals surface area contributed by atoms with E-state index >= 15 is 0 Å². The Balaban J connectivity index is 1.50. The van der Waals surface area contributed by atoms with E-state index in [1.54, 1.807) is 5.57 Å². The van der Waals surface area contributed by atoms with Crippen LogP contribution < -0.4 is 5.32 Å². The van der Waals surface area contributed by atoms with Crippen LogP contribution in [0.2, 0.25) is 0 Å². The lowest BCUT2D eigenvalue weighted by Crippen LogP contribution is -2.49. The van der Waals surface area contributed by atoms with Gasteiger partial charge in [-0.05, 0) is 92.3 Å². The molecule has 4 aliphatic carbocycles. The fourth-order valence-corrected chi connectivity index (χ4v) is 7.42. The van der Waals surface area contributed by atoms with Gasteiger partial charge in [-0.1, -0.05) is 44.9 Å². The van der Waals surface area contributed by atoms with E-state index in [1.807, 2.05) is 6.08 Å². The van der Waals surface area contributed by atoms with Crippen LogP contribution in [0, 0.1) is 34.5 Å². The Kier molecular flexibility index (Phi) is 5.74. The first-order valence-corrected chi connectivity index (χ1v) is 12.1. The van der Waals surface area contributed by atoms with Gasteiger partial charge in [-0.15, -0.1) is 0 Å². The van der Waals surface area contributed by atoms with Crippen LogP contribution in [-0.2, 0) is 4.79 Å². The number of aliphatic hydroxyl groups is 1. The Morgan fingerprint density at radius 1 is 1.21 bits per heavy atom. The van der Waals surface area contributed by atoms with Crippen LogP contribution in [0.25, 0.3) is 0 Å². The summed E-state index contributed by atoms with van der Waals surface area (Å²) in [5.41, 5.74) is 3.44. The van der Waals surface area contributed by atoms with Gasteiger partial charge in [0.25, 0.3) is 0 Å². The third kappa shape index (κ3) is 3.73. The molecule has 0 radical (unpaired) electrons. The minimum atomic E-state index is -0.130. The number of hydrogen-bond acceptors (Lipinski definition) is 2. The van der Waals surface area contributed by atoms with Gasteiger partial charge in [0.1, 0.15) is 0 Å². The molecular formula is C26H41NO2. The predicted molar refractivity (Wildman–Crippen MR) is 118 cm³/mol. The summed E-state index contributed by atoms with van der Waals surface area (Å²) in [7, 11) is 0. The number of rotatable bonds is 4. The number of aliphatic hydroxyl groups excluding tert-OH is 1. The molecule has 162 valence electrons. The maximum Gasteiger partial charge on any atom is 0.243 e. The zero-order valence-electron chi connectivity index (χ0n) is 19.0. The number of fused-ring (bicyclic) bond motifs is 5. The van der Waals surface area contributed by atoms with Gasteiger partial charge in [-0.25, -0.2) is 0 Å². The fraction of sp³-hybridized carbons (Fsp3) is 0.808. The summed E-state index contributed by atoms with van der Waals surface area (Å²) in [6.07, 6.45) is 14.4. The van der Waals surface area contributed by atoms with Crippen molar-refractivity contribution in [1.82, 2.24) is 5.32 Å². The zero-order chi connectivity index (χ0) is 20.8. The number of nitrogens with one attached hydrogen (secondary N) is 1. The lowest BCUT2D eigenvalue weighted by atomic mass is 9.48. The van der Waals surface area contributed by atoms with Crippen molar-refractivity contribution in [1.29, 1.82) is 0 Å². The van der Waals surface area contributed by atoms with Gasteiger partial charge in [0, 0.05) is 12.6 Å². The first-order chi connectivity index (χ1) is 13.7. The minimum absolute atomic E-state index is 0.115. The van der Waals surface area contributed by atoms with Crippen molar-refractivity contribution in [2.45, 2.75) is 91.6 Å². The van der Waals surface area contributed by atoms with Crippen molar-refractivity contribution in [2.75, 3.05) is 6.54 Å². The van der Waals surface area contributed by atoms with Crippen LogP contribution in [0.3, 0.4) is 0 Å². The Labute approximate surface area is 177 Å². The summed E-state index contributed by atoms with van der Waals surface area (Å²) in [5.74, 6) is 2.94. The quantitative estimate of drug-likeness (QED) is 0.491. The monoisotopic (exact) mass is 399 g/mol. The summed E-state index contributed by atoms with van der Waals surface area (Å²) in [5, 5.41) is 13.3. The molecule has 6 atom stereocenters. The molecular weight excluding hydrogens is 358 g/mol. The molecule has 0 spiro atoms. The number of hydrogen-bond donors (Lipinski definition) is 2. The molecule has 2 N–H and O–H groups in total. The SMILES string of the molecule is CC(C)CCNC(=O)/C=C1/CC[C@H]2[C@@H]3CC=C4C[C@@H](O)CC[C@]4(C)[C@H]3CC[C@]12C. The van der Waals surface area contributed by atoms with E-state index in [-0.39, 0.29) is 17.4 Å². The summed E-state index contributed by atoms with van der Waals surface area (Å²) in [6.45, 7) is 10.1. The molecule has 3 nitrogen and oxygen atoms in total. The molecule has 0 aromatic carbocycles. The summed E-state index contributed by atoms with van der Waals surface area (Å²) in [6, 6.07) is 0. The topological polar surface area (TPSA) is 49.3 Å². The molecule has 3 fully saturated rings. The molecule has 29 heavy (non-hydrogen) atoms. The van der Waals surface area contributed by atoms with Crippen molar-refractivity contribution in [3.63, 3.8) is 0 Å². The van der Waals surface area contributed by atoms with Crippen molar-refractivity contribution < 1.29 is 9.90 Å². The highest BCUT2D eigenvalue weighted by Gasteiger charge is 2.57. The van der Waals surface area contributed by atoms with E-state index < -0.39 is 0 Å². The van der Waals surface area contributed by atoms with Crippen molar-refractivity contribution >= 4 is 5.91 Å².